The largest absolute Gasteiger partial charge is 0.481 e. The average molecular weight is 367 g/mol. The molecule has 2 N–H and O–H groups in total. The molecule has 3 rings (SSSR count). The average Bonchev–Trinajstić information content (AvgIpc) is 3.08. The van der Waals surface area contributed by atoms with Gasteiger partial charge in [-0.2, -0.15) is 0 Å². The van der Waals surface area contributed by atoms with Gasteiger partial charge in [-0.25, -0.2) is 0 Å². The highest BCUT2D eigenvalue weighted by Gasteiger charge is 2.43. The Morgan fingerprint density at radius 2 is 2.00 bits per heavy atom. The van der Waals surface area contributed by atoms with E-state index < -0.39 is 6.10 Å². The molecule has 1 saturated heterocycles. The van der Waals surface area contributed by atoms with Gasteiger partial charge in [0.15, 0.2) is 6.10 Å². The molecule has 5 heteroatoms. The maximum atomic E-state index is 12.7. The molecular weight excluding hydrogens is 336 g/mol. The highest BCUT2D eigenvalue weighted by Crippen LogP contribution is 2.37. The Morgan fingerprint density at radius 3 is 2.64 bits per heavy atom. The molecule has 1 saturated carbocycles. The van der Waals surface area contributed by atoms with Crippen molar-refractivity contribution < 1.29 is 9.53 Å². The third-order valence-electron chi connectivity index (χ3n) is 5.58. The number of likely N-dealkylation sites (tertiary alicyclic amines) is 1. The van der Waals surface area contributed by atoms with Gasteiger partial charge in [0.05, 0.1) is 0 Å². The summed E-state index contributed by atoms with van der Waals surface area (Å²) in [5.41, 5.74) is 7.44. The summed E-state index contributed by atoms with van der Waals surface area (Å²) in [6, 6.07) is 8.31. The molecule has 4 unspecified atom stereocenters. The number of carbonyl (C=O) groups excluding carboxylic acids is 1. The molecule has 0 bridgehead atoms. The van der Waals surface area contributed by atoms with Crippen LogP contribution in [0.3, 0.4) is 0 Å². The van der Waals surface area contributed by atoms with E-state index in [1.165, 1.54) is 5.56 Å². The summed E-state index contributed by atoms with van der Waals surface area (Å²) in [5, 5.41) is 0. The van der Waals surface area contributed by atoms with E-state index in [4.69, 9.17) is 10.5 Å². The van der Waals surface area contributed by atoms with Crippen LogP contribution in [0.2, 0.25) is 0 Å². The quantitative estimate of drug-likeness (QED) is 0.892. The molecule has 140 valence electrons. The Labute approximate surface area is 157 Å². The molecule has 0 aromatic heterocycles. The fourth-order valence-corrected chi connectivity index (χ4v) is 4.04. The van der Waals surface area contributed by atoms with Crippen molar-refractivity contribution in [2.75, 3.05) is 13.1 Å². The van der Waals surface area contributed by atoms with Gasteiger partial charge in [0.25, 0.3) is 5.91 Å². The number of amides is 1. The van der Waals surface area contributed by atoms with Crippen molar-refractivity contribution in [2.24, 2.45) is 17.6 Å². The number of benzene rings is 1. The maximum Gasteiger partial charge on any atom is 0.263 e. The summed E-state index contributed by atoms with van der Waals surface area (Å²) in [5.74, 6) is 1.91. The molecule has 1 aromatic carbocycles. The van der Waals surface area contributed by atoms with Crippen molar-refractivity contribution in [1.29, 1.82) is 0 Å². The minimum Gasteiger partial charge on any atom is -0.481 e. The zero-order valence-electron chi connectivity index (χ0n) is 15.7. The SMILES string of the molecule is CC(Oc1cccc(C(C)(C)C)c1)C(=O)N1CC2CCC(N)C2C1.Cl. The Bertz CT molecular complexity index is 614. The first kappa shape index (κ1) is 20.1. The second-order valence-electron chi connectivity index (χ2n) is 8.45. The number of ether oxygens (including phenoxy) is 1. The molecule has 1 aliphatic carbocycles. The first-order valence-corrected chi connectivity index (χ1v) is 9.07. The number of rotatable bonds is 3. The lowest BCUT2D eigenvalue weighted by atomic mass is 9.87. The van der Waals surface area contributed by atoms with Gasteiger partial charge in [-0.15, -0.1) is 12.4 Å². The molecule has 0 radical (unpaired) electrons. The summed E-state index contributed by atoms with van der Waals surface area (Å²) in [6.45, 7) is 10.0. The molecule has 2 fully saturated rings. The van der Waals surface area contributed by atoms with E-state index in [0.29, 0.717) is 11.8 Å². The predicted molar refractivity (Wildman–Crippen MR) is 103 cm³/mol. The molecule has 0 spiro atoms. The van der Waals surface area contributed by atoms with Crippen LogP contribution < -0.4 is 10.5 Å². The standard InChI is InChI=1S/C20H30N2O2.ClH/c1-13(24-16-7-5-6-15(10-16)20(2,3)4)19(23)22-11-14-8-9-18(21)17(14)12-22;/h5-7,10,13-14,17-18H,8-9,11-12,21H2,1-4H3;1H. The lowest BCUT2D eigenvalue weighted by molar-refractivity contribution is -0.137. The Kier molecular flexibility index (Phi) is 6.05. The number of halogens is 1. The van der Waals surface area contributed by atoms with Crippen LogP contribution in [0.1, 0.15) is 46.1 Å². The minimum atomic E-state index is -0.463. The van der Waals surface area contributed by atoms with E-state index in [1.54, 1.807) is 0 Å². The van der Waals surface area contributed by atoms with Crippen molar-refractivity contribution in [3.05, 3.63) is 29.8 Å². The van der Waals surface area contributed by atoms with Gasteiger partial charge in [0, 0.05) is 19.1 Å². The summed E-state index contributed by atoms with van der Waals surface area (Å²) in [6.07, 6.45) is 1.79. The molecule has 1 aliphatic heterocycles. The van der Waals surface area contributed by atoms with Crippen molar-refractivity contribution >= 4 is 18.3 Å². The molecule has 1 amide bonds. The smallest absolute Gasteiger partial charge is 0.263 e. The molecule has 1 aromatic rings. The van der Waals surface area contributed by atoms with Crippen LogP contribution in [0.15, 0.2) is 24.3 Å². The van der Waals surface area contributed by atoms with Gasteiger partial charge in [0.2, 0.25) is 0 Å². The number of hydrogen-bond donors (Lipinski definition) is 1. The highest BCUT2D eigenvalue weighted by molar-refractivity contribution is 5.85. The van der Waals surface area contributed by atoms with Gasteiger partial charge in [-0.1, -0.05) is 32.9 Å². The first-order valence-electron chi connectivity index (χ1n) is 9.07. The van der Waals surface area contributed by atoms with Crippen LogP contribution in [0.25, 0.3) is 0 Å². The van der Waals surface area contributed by atoms with Gasteiger partial charge < -0.3 is 15.4 Å². The van der Waals surface area contributed by atoms with Crippen LogP contribution in [0, 0.1) is 11.8 Å². The molecular formula is C20H31ClN2O2. The van der Waals surface area contributed by atoms with E-state index in [1.807, 2.05) is 30.0 Å². The third kappa shape index (κ3) is 4.29. The lowest BCUT2D eigenvalue weighted by Crippen LogP contribution is -2.40. The topological polar surface area (TPSA) is 55.6 Å². The second kappa shape index (κ2) is 7.55. The first-order chi connectivity index (χ1) is 11.3. The summed E-state index contributed by atoms with van der Waals surface area (Å²) in [7, 11) is 0. The van der Waals surface area contributed by atoms with Crippen LogP contribution in [-0.4, -0.2) is 36.0 Å². The predicted octanol–water partition coefficient (Wildman–Crippen LogP) is 3.37. The van der Waals surface area contributed by atoms with Crippen LogP contribution in [-0.2, 0) is 10.2 Å². The maximum absolute atomic E-state index is 12.7. The Balaban J connectivity index is 0.00000225. The zero-order valence-corrected chi connectivity index (χ0v) is 16.5. The number of nitrogens with two attached hydrogens (primary N) is 1. The summed E-state index contributed by atoms with van der Waals surface area (Å²) >= 11 is 0. The van der Waals surface area contributed by atoms with Gasteiger partial charge in [-0.05, 0) is 54.7 Å². The normalized spacial score (nSPS) is 26.8. The Hall–Kier alpha value is -1.26. The van der Waals surface area contributed by atoms with Crippen molar-refractivity contribution in [2.45, 2.75) is 58.1 Å². The zero-order chi connectivity index (χ0) is 17.5. The lowest BCUT2D eigenvalue weighted by Gasteiger charge is -2.24. The summed E-state index contributed by atoms with van der Waals surface area (Å²) < 4.78 is 5.95. The summed E-state index contributed by atoms with van der Waals surface area (Å²) in [4.78, 5) is 14.7. The van der Waals surface area contributed by atoms with Gasteiger partial charge >= 0.3 is 0 Å². The molecule has 2 aliphatic rings. The fraction of sp³-hybridized carbons (Fsp3) is 0.650. The molecule has 4 atom stereocenters. The van der Waals surface area contributed by atoms with Crippen LogP contribution in [0.5, 0.6) is 5.75 Å². The molecule has 25 heavy (non-hydrogen) atoms. The van der Waals surface area contributed by atoms with Gasteiger partial charge in [-0.3, -0.25) is 4.79 Å². The Morgan fingerprint density at radius 1 is 1.28 bits per heavy atom. The van der Waals surface area contributed by atoms with Crippen molar-refractivity contribution in [3.63, 3.8) is 0 Å². The van der Waals surface area contributed by atoms with E-state index in [0.717, 1.165) is 31.7 Å². The van der Waals surface area contributed by atoms with E-state index in [9.17, 15) is 4.79 Å². The second-order valence-corrected chi connectivity index (χ2v) is 8.45. The molecule has 1 heterocycles. The van der Waals surface area contributed by atoms with Gasteiger partial charge in [0.1, 0.15) is 5.75 Å². The number of carbonyl (C=O) groups is 1. The van der Waals surface area contributed by atoms with Crippen LogP contribution in [0.4, 0.5) is 0 Å². The fourth-order valence-electron chi connectivity index (χ4n) is 4.04. The monoisotopic (exact) mass is 366 g/mol. The van der Waals surface area contributed by atoms with Crippen LogP contribution >= 0.6 is 12.4 Å². The van der Waals surface area contributed by atoms with E-state index in [2.05, 4.69) is 26.8 Å². The minimum absolute atomic E-state index is 0. The van der Waals surface area contributed by atoms with Crippen molar-refractivity contribution in [3.8, 4) is 5.75 Å². The highest BCUT2D eigenvalue weighted by atomic mass is 35.5. The van der Waals surface area contributed by atoms with Crippen molar-refractivity contribution in [1.82, 2.24) is 4.90 Å². The van der Waals surface area contributed by atoms with E-state index in [-0.39, 0.29) is 29.8 Å². The van der Waals surface area contributed by atoms with E-state index >= 15 is 0 Å². The molecule has 4 nitrogen and oxygen atoms in total. The number of fused-ring (bicyclic) bond motifs is 1. The number of nitrogens with zero attached hydrogens (tertiary/aromatic N) is 1. The third-order valence-corrected chi connectivity index (χ3v) is 5.58. The number of hydrogen-bond acceptors (Lipinski definition) is 3.